The summed E-state index contributed by atoms with van der Waals surface area (Å²) in [5, 5.41) is 0.336. The van der Waals surface area contributed by atoms with Gasteiger partial charge in [0.25, 0.3) is 0 Å². The van der Waals surface area contributed by atoms with Gasteiger partial charge in [-0.05, 0) is 36.4 Å². The molecule has 1 aromatic carbocycles. The number of aromatic nitrogens is 1. The van der Waals surface area contributed by atoms with Crippen LogP contribution in [0.4, 0.5) is 5.69 Å². The summed E-state index contributed by atoms with van der Waals surface area (Å²) in [6, 6.07) is 10.4. The number of hydrogen-bond acceptors (Lipinski definition) is 4. The molecule has 0 unspecified atom stereocenters. The van der Waals surface area contributed by atoms with E-state index in [0.717, 1.165) is 5.75 Å². The van der Waals surface area contributed by atoms with Crippen LogP contribution in [0.1, 0.15) is 0 Å². The van der Waals surface area contributed by atoms with Gasteiger partial charge in [-0.3, -0.25) is 0 Å². The zero-order valence-electron chi connectivity index (χ0n) is 9.18. The number of nitrogens with zero attached hydrogens (tertiary/aromatic N) is 1. The summed E-state index contributed by atoms with van der Waals surface area (Å²) < 4.78 is 10.6. The predicted molar refractivity (Wildman–Crippen MR) is 66.7 cm³/mol. The van der Waals surface area contributed by atoms with Crippen LogP contribution in [0.15, 0.2) is 36.4 Å². The zero-order valence-corrected chi connectivity index (χ0v) is 9.94. The van der Waals surface area contributed by atoms with Gasteiger partial charge in [0.1, 0.15) is 16.7 Å². The molecule has 0 aliphatic heterocycles. The quantitative estimate of drug-likeness (QED) is 0.851. The molecule has 2 aromatic rings. The molecular formula is C12H11ClN2O2. The minimum atomic E-state index is 0.294. The Balaban J connectivity index is 2.22. The third-order valence-corrected chi connectivity index (χ3v) is 2.34. The summed E-state index contributed by atoms with van der Waals surface area (Å²) in [5.41, 5.74) is 6.16. The highest BCUT2D eigenvalue weighted by Crippen LogP contribution is 2.27. The number of methoxy groups -OCH3 is 1. The molecule has 1 heterocycles. The van der Waals surface area contributed by atoms with Crippen LogP contribution in [0.25, 0.3) is 0 Å². The van der Waals surface area contributed by atoms with Crippen molar-refractivity contribution in [3.8, 4) is 17.4 Å². The van der Waals surface area contributed by atoms with Gasteiger partial charge in [0.15, 0.2) is 0 Å². The number of rotatable bonds is 3. The molecule has 2 rings (SSSR count). The molecule has 17 heavy (non-hydrogen) atoms. The van der Waals surface area contributed by atoms with E-state index in [1.54, 1.807) is 43.5 Å². The van der Waals surface area contributed by atoms with E-state index < -0.39 is 0 Å². The maximum atomic E-state index is 5.76. The van der Waals surface area contributed by atoms with E-state index in [-0.39, 0.29) is 0 Å². The molecule has 5 heteroatoms. The van der Waals surface area contributed by atoms with Gasteiger partial charge in [0.2, 0.25) is 5.88 Å². The van der Waals surface area contributed by atoms with Crippen LogP contribution >= 0.6 is 11.6 Å². The van der Waals surface area contributed by atoms with Crippen molar-refractivity contribution < 1.29 is 9.47 Å². The molecule has 0 fully saturated rings. The lowest BCUT2D eigenvalue weighted by Crippen LogP contribution is -1.95. The molecular weight excluding hydrogens is 240 g/mol. The van der Waals surface area contributed by atoms with Gasteiger partial charge in [0.05, 0.1) is 12.8 Å². The van der Waals surface area contributed by atoms with Crippen molar-refractivity contribution in [3.05, 3.63) is 41.6 Å². The van der Waals surface area contributed by atoms with Gasteiger partial charge in [-0.25, -0.2) is 0 Å². The lowest BCUT2D eigenvalue weighted by atomic mass is 10.3. The smallest absolute Gasteiger partial charge is 0.244 e. The summed E-state index contributed by atoms with van der Waals surface area (Å²) in [6.45, 7) is 0. The number of ether oxygens (including phenoxy) is 2. The molecule has 0 bridgehead atoms. The molecule has 2 N–H and O–H groups in total. The standard InChI is InChI=1S/C12H11ClN2O2/c1-16-8-2-4-9(5-3-8)17-12-10(14)6-7-11(13)15-12/h2-7H,14H2,1H3. The highest BCUT2D eigenvalue weighted by atomic mass is 35.5. The Kier molecular flexibility index (Phi) is 3.35. The second-order valence-corrected chi connectivity index (χ2v) is 3.69. The Morgan fingerprint density at radius 1 is 1.06 bits per heavy atom. The molecule has 0 atom stereocenters. The van der Waals surface area contributed by atoms with Gasteiger partial charge < -0.3 is 15.2 Å². The number of benzene rings is 1. The Hall–Kier alpha value is -1.94. The molecule has 0 aliphatic carbocycles. The number of nitrogen functional groups attached to an aromatic ring is 1. The summed E-state index contributed by atoms with van der Waals surface area (Å²) in [5.74, 6) is 1.67. The second kappa shape index (κ2) is 4.93. The second-order valence-electron chi connectivity index (χ2n) is 3.31. The van der Waals surface area contributed by atoms with E-state index in [0.29, 0.717) is 22.5 Å². The largest absolute Gasteiger partial charge is 0.497 e. The fraction of sp³-hybridized carbons (Fsp3) is 0.0833. The molecule has 0 aliphatic rings. The first-order chi connectivity index (χ1) is 8.19. The van der Waals surface area contributed by atoms with E-state index in [2.05, 4.69) is 4.98 Å². The average molecular weight is 251 g/mol. The summed E-state index contributed by atoms with van der Waals surface area (Å²) >= 11 is 5.76. The lowest BCUT2D eigenvalue weighted by Gasteiger charge is -2.07. The normalized spacial score (nSPS) is 10.0. The topological polar surface area (TPSA) is 57.4 Å². The molecule has 0 radical (unpaired) electrons. The molecule has 0 spiro atoms. The molecule has 4 nitrogen and oxygen atoms in total. The van der Waals surface area contributed by atoms with E-state index in [1.165, 1.54) is 0 Å². The molecule has 0 saturated heterocycles. The van der Waals surface area contributed by atoms with Crippen molar-refractivity contribution in [2.75, 3.05) is 12.8 Å². The Morgan fingerprint density at radius 3 is 2.35 bits per heavy atom. The van der Waals surface area contributed by atoms with Crippen molar-refractivity contribution >= 4 is 17.3 Å². The van der Waals surface area contributed by atoms with Crippen molar-refractivity contribution in [1.29, 1.82) is 0 Å². The summed E-state index contributed by atoms with van der Waals surface area (Å²) in [7, 11) is 1.60. The van der Waals surface area contributed by atoms with Crippen LogP contribution in [0.5, 0.6) is 17.4 Å². The maximum Gasteiger partial charge on any atom is 0.244 e. The zero-order chi connectivity index (χ0) is 12.3. The predicted octanol–water partition coefficient (Wildman–Crippen LogP) is 3.12. The third kappa shape index (κ3) is 2.79. The highest BCUT2D eigenvalue weighted by molar-refractivity contribution is 6.29. The van der Waals surface area contributed by atoms with Crippen LogP contribution in [0.3, 0.4) is 0 Å². The van der Waals surface area contributed by atoms with Crippen molar-refractivity contribution in [2.24, 2.45) is 0 Å². The highest BCUT2D eigenvalue weighted by Gasteiger charge is 2.05. The monoisotopic (exact) mass is 250 g/mol. The number of hydrogen-bond donors (Lipinski definition) is 1. The van der Waals surface area contributed by atoms with Gasteiger partial charge in [-0.1, -0.05) is 11.6 Å². The lowest BCUT2D eigenvalue weighted by molar-refractivity contribution is 0.412. The van der Waals surface area contributed by atoms with E-state index in [4.69, 9.17) is 26.8 Å². The Morgan fingerprint density at radius 2 is 1.71 bits per heavy atom. The fourth-order valence-corrected chi connectivity index (χ4v) is 1.41. The van der Waals surface area contributed by atoms with Gasteiger partial charge in [-0.15, -0.1) is 0 Å². The first-order valence-electron chi connectivity index (χ1n) is 4.93. The average Bonchev–Trinajstić information content (AvgIpc) is 2.35. The van der Waals surface area contributed by atoms with Crippen molar-refractivity contribution in [1.82, 2.24) is 4.98 Å². The van der Waals surface area contributed by atoms with Crippen LogP contribution in [-0.2, 0) is 0 Å². The van der Waals surface area contributed by atoms with Crippen LogP contribution in [0, 0.1) is 0 Å². The van der Waals surface area contributed by atoms with E-state index in [1.807, 2.05) is 0 Å². The number of pyridine rings is 1. The fourth-order valence-electron chi connectivity index (χ4n) is 1.27. The molecule has 1 aromatic heterocycles. The molecule has 88 valence electrons. The number of halogens is 1. The summed E-state index contributed by atoms with van der Waals surface area (Å²) in [4.78, 5) is 4.00. The molecule has 0 amide bonds. The van der Waals surface area contributed by atoms with Gasteiger partial charge >= 0.3 is 0 Å². The van der Waals surface area contributed by atoms with Crippen LogP contribution < -0.4 is 15.2 Å². The first-order valence-corrected chi connectivity index (χ1v) is 5.31. The Labute approximate surface area is 104 Å². The Bertz CT molecular complexity index is 514. The minimum Gasteiger partial charge on any atom is -0.497 e. The summed E-state index contributed by atoms with van der Waals surface area (Å²) in [6.07, 6.45) is 0. The van der Waals surface area contributed by atoms with E-state index >= 15 is 0 Å². The first kappa shape index (κ1) is 11.5. The van der Waals surface area contributed by atoms with Crippen molar-refractivity contribution in [3.63, 3.8) is 0 Å². The SMILES string of the molecule is COc1ccc(Oc2nc(Cl)ccc2N)cc1. The maximum absolute atomic E-state index is 5.76. The van der Waals surface area contributed by atoms with E-state index in [9.17, 15) is 0 Å². The van der Waals surface area contributed by atoms with Crippen molar-refractivity contribution in [2.45, 2.75) is 0 Å². The minimum absolute atomic E-state index is 0.294. The third-order valence-electron chi connectivity index (χ3n) is 2.13. The van der Waals surface area contributed by atoms with Crippen LogP contribution in [0.2, 0.25) is 5.15 Å². The molecule has 0 saturated carbocycles. The van der Waals surface area contributed by atoms with Gasteiger partial charge in [-0.2, -0.15) is 4.98 Å². The van der Waals surface area contributed by atoms with Crippen LogP contribution in [-0.4, -0.2) is 12.1 Å². The number of anilines is 1. The number of nitrogens with two attached hydrogens (primary N) is 1. The van der Waals surface area contributed by atoms with Gasteiger partial charge in [0, 0.05) is 0 Å².